The minimum atomic E-state index is -0.302. The number of thiophene rings is 1. The third-order valence-corrected chi connectivity index (χ3v) is 5.55. The van der Waals surface area contributed by atoms with Gasteiger partial charge in [0.15, 0.2) is 0 Å². The molecule has 0 radical (unpaired) electrons. The van der Waals surface area contributed by atoms with Gasteiger partial charge in [-0.3, -0.25) is 9.69 Å². The van der Waals surface area contributed by atoms with Gasteiger partial charge in [-0.15, -0.1) is 11.3 Å². The molecule has 4 nitrogen and oxygen atoms in total. The second kappa shape index (κ2) is 8.09. The standard InChI is InChI=1S/C17H28N2O2S/c1-12(2)19(14-6-4-5-7-15(14)20)11-17(21)18-10-16-13(3)8-9-22-16/h8-9,12,14-15,20H,4-7,10-11H2,1-3H3,(H,18,21)/t14-,15-/m1/s1. The van der Waals surface area contributed by atoms with Crippen molar-refractivity contribution >= 4 is 17.2 Å². The van der Waals surface area contributed by atoms with E-state index in [0.29, 0.717) is 13.1 Å². The van der Waals surface area contributed by atoms with Crippen molar-refractivity contribution in [3.8, 4) is 0 Å². The maximum Gasteiger partial charge on any atom is 0.234 e. The molecule has 22 heavy (non-hydrogen) atoms. The van der Waals surface area contributed by atoms with Crippen molar-refractivity contribution in [1.29, 1.82) is 0 Å². The van der Waals surface area contributed by atoms with Crippen molar-refractivity contribution in [1.82, 2.24) is 10.2 Å². The Labute approximate surface area is 137 Å². The molecule has 0 aliphatic heterocycles. The molecular weight excluding hydrogens is 296 g/mol. The van der Waals surface area contributed by atoms with Gasteiger partial charge in [0.2, 0.25) is 5.91 Å². The zero-order valence-corrected chi connectivity index (χ0v) is 14.7. The van der Waals surface area contributed by atoms with E-state index >= 15 is 0 Å². The zero-order valence-electron chi connectivity index (χ0n) is 13.8. The number of hydrogen-bond donors (Lipinski definition) is 2. The Hall–Kier alpha value is -0.910. The van der Waals surface area contributed by atoms with Crippen molar-refractivity contribution in [2.45, 2.75) is 71.2 Å². The molecule has 124 valence electrons. The first-order chi connectivity index (χ1) is 10.5. The van der Waals surface area contributed by atoms with Crippen LogP contribution in [0, 0.1) is 6.92 Å². The average molecular weight is 324 g/mol. The fraction of sp³-hybridized carbons (Fsp3) is 0.706. The first-order valence-corrected chi connectivity index (χ1v) is 9.10. The second-order valence-electron chi connectivity index (χ2n) is 6.49. The summed E-state index contributed by atoms with van der Waals surface area (Å²) in [5, 5.41) is 15.3. The van der Waals surface area contributed by atoms with E-state index in [1.54, 1.807) is 11.3 Å². The number of aliphatic hydroxyl groups is 1. The first-order valence-electron chi connectivity index (χ1n) is 8.22. The van der Waals surface area contributed by atoms with Gasteiger partial charge < -0.3 is 10.4 Å². The number of nitrogens with zero attached hydrogens (tertiary/aromatic N) is 1. The Morgan fingerprint density at radius 2 is 2.18 bits per heavy atom. The lowest BCUT2D eigenvalue weighted by Crippen LogP contribution is -2.52. The number of carbonyl (C=O) groups excluding carboxylic acids is 1. The van der Waals surface area contributed by atoms with Crippen molar-refractivity contribution in [2.24, 2.45) is 0 Å². The average Bonchev–Trinajstić information content (AvgIpc) is 2.88. The van der Waals surface area contributed by atoms with Crippen LogP contribution < -0.4 is 5.32 Å². The minimum Gasteiger partial charge on any atom is -0.391 e. The second-order valence-corrected chi connectivity index (χ2v) is 7.49. The SMILES string of the molecule is Cc1ccsc1CNC(=O)CN(C(C)C)[C@@H]1CCCC[C@H]1O. The highest BCUT2D eigenvalue weighted by Crippen LogP contribution is 2.24. The summed E-state index contributed by atoms with van der Waals surface area (Å²) in [6.07, 6.45) is 3.76. The molecule has 0 aromatic carbocycles. The molecular formula is C17H28N2O2S. The lowest BCUT2D eigenvalue weighted by Gasteiger charge is -2.39. The molecule has 2 N–H and O–H groups in total. The Morgan fingerprint density at radius 1 is 1.45 bits per heavy atom. The van der Waals surface area contributed by atoms with Crippen LogP contribution in [0.3, 0.4) is 0 Å². The van der Waals surface area contributed by atoms with Crippen molar-refractivity contribution < 1.29 is 9.90 Å². The van der Waals surface area contributed by atoms with Crippen LogP contribution in [0.1, 0.15) is 50.0 Å². The number of aliphatic hydroxyl groups excluding tert-OH is 1. The van der Waals surface area contributed by atoms with E-state index in [1.807, 2.05) is 0 Å². The monoisotopic (exact) mass is 324 g/mol. The minimum absolute atomic E-state index is 0.0410. The molecule has 1 aliphatic carbocycles. The third kappa shape index (κ3) is 4.54. The van der Waals surface area contributed by atoms with Crippen LogP contribution >= 0.6 is 11.3 Å². The van der Waals surface area contributed by atoms with E-state index in [9.17, 15) is 9.90 Å². The number of rotatable bonds is 6. The first kappa shape index (κ1) is 17.4. The van der Waals surface area contributed by atoms with Crippen LogP contribution in [-0.4, -0.2) is 40.6 Å². The molecule has 0 unspecified atom stereocenters. The molecule has 5 heteroatoms. The number of nitrogens with one attached hydrogen (secondary N) is 1. The molecule has 1 amide bonds. The summed E-state index contributed by atoms with van der Waals surface area (Å²) in [4.78, 5) is 15.6. The van der Waals surface area contributed by atoms with Crippen LogP contribution in [0.5, 0.6) is 0 Å². The third-order valence-electron chi connectivity index (χ3n) is 4.52. The largest absolute Gasteiger partial charge is 0.391 e. The van der Waals surface area contributed by atoms with Crippen molar-refractivity contribution in [3.63, 3.8) is 0 Å². The summed E-state index contributed by atoms with van der Waals surface area (Å²) in [5.74, 6) is 0.0410. The summed E-state index contributed by atoms with van der Waals surface area (Å²) >= 11 is 1.68. The number of hydrogen-bond acceptors (Lipinski definition) is 4. The zero-order chi connectivity index (χ0) is 16.1. The van der Waals surface area contributed by atoms with Gasteiger partial charge in [0, 0.05) is 17.0 Å². The number of amides is 1. The van der Waals surface area contributed by atoms with Gasteiger partial charge >= 0.3 is 0 Å². The summed E-state index contributed by atoms with van der Waals surface area (Å²) in [7, 11) is 0. The molecule has 0 saturated heterocycles. The van der Waals surface area contributed by atoms with E-state index in [-0.39, 0.29) is 24.1 Å². The van der Waals surface area contributed by atoms with E-state index in [4.69, 9.17) is 0 Å². The fourth-order valence-corrected chi connectivity index (χ4v) is 3.99. The van der Waals surface area contributed by atoms with E-state index in [2.05, 4.69) is 42.4 Å². The molecule has 0 spiro atoms. The highest BCUT2D eigenvalue weighted by Gasteiger charge is 2.31. The van der Waals surface area contributed by atoms with Crippen LogP contribution in [-0.2, 0) is 11.3 Å². The Kier molecular flexibility index (Phi) is 6.41. The van der Waals surface area contributed by atoms with Gasteiger partial charge in [0.1, 0.15) is 0 Å². The Balaban J connectivity index is 1.90. The maximum absolute atomic E-state index is 12.3. The quantitative estimate of drug-likeness (QED) is 0.846. The predicted octanol–water partition coefficient (Wildman–Crippen LogP) is 2.69. The van der Waals surface area contributed by atoms with Gasteiger partial charge in [-0.1, -0.05) is 12.8 Å². The van der Waals surface area contributed by atoms with Gasteiger partial charge in [0.25, 0.3) is 0 Å². The van der Waals surface area contributed by atoms with E-state index < -0.39 is 0 Å². The Bertz CT molecular complexity index is 487. The topological polar surface area (TPSA) is 52.6 Å². The molecule has 1 aromatic rings. The van der Waals surface area contributed by atoms with Crippen molar-refractivity contribution in [2.75, 3.05) is 6.54 Å². The van der Waals surface area contributed by atoms with Gasteiger partial charge in [-0.2, -0.15) is 0 Å². The molecule has 1 fully saturated rings. The highest BCUT2D eigenvalue weighted by atomic mass is 32.1. The molecule has 2 rings (SSSR count). The normalized spacial score (nSPS) is 22.3. The summed E-state index contributed by atoms with van der Waals surface area (Å²) in [5.41, 5.74) is 1.23. The highest BCUT2D eigenvalue weighted by molar-refractivity contribution is 7.10. The van der Waals surface area contributed by atoms with Crippen LogP contribution in [0.15, 0.2) is 11.4 Å². The number of carbonyl (C=O) groups is 1. The van der Waals surface area contributed by atoms with Crippen molar-refractivity contribution in [3.05, 3.63) is 21.9 Å². The number of aryl methyl sites for hydroxylation is 1. The predicted molar refractivity (Wildman–Crippen MR) is 91.0 cm³/mol. The summed E-state index contributed by atoms with van der Waals surface area (Å²) in [6, 6.07) is 2.44. The van der Waals surface area contributed by atoms with Crippen LogP contribution in [0.25, 0.3) is 0 Å². The Morgan fingerprint density at radius 3 is 2.77 bits per heavy atom. The van der Waals surface area contributed by atoms with Gasteiger partial charge in [-0.05, 0) is 50.6 Å². The molecule has 1 aliphatic rings. The lowest BCUT2D eigenvalue weighted by molar-refractivity contribution is -0.124. The van der Waals surface area contributed by atoms with Gasteiger partial charge in [0.05, 0.1) is 19.2 Å². The molecule has 2 atom stereocenters. The maximum atomic E-state index is 12.3. The van der Waals surface area contributed by atoms with E-state index in [0.717, 1.165) is 25.7 Å². The summed E-state index contributed by atoms with van der Waals surface area (Å²) < 4.78 is 0. The molecule has 0 bridgehead atoms. The smallest absolute Gasteiger partial charge is 0.234 e. The molecule has 1 saturated carbocycles. The molecule has 1 aromatic heterocycles. The van der Waals surface area contributed by atoms with E-state index in [1.165, 1.54) is 10.4 Å². The van der Waals surface area contributed by atoms with Crippen LogP contribution in [0.4, 0.5) is 0 Å². The van der Waals surface area contributed by atoms with Gasteiger partial charge in [-0.25, -0.2) is 0 Å². The lowest BCUT2D eigenvalue weighted by atomic mass is 9.90. The summed E-state index contributed by atoms with van der Waals surface area (Å²) in [6.45, 7) is 7.22. The van der Waals surface area contributed by atoms with Crippen LogP contribution in [0.2, 0.25) is 0 Å². The fourth-order valence-electron chi connectivity index (χ4n) is 3.15. The molecule has 1 heterocycles.